The number of carboxylic acid groups (broad SMARTS) is 1. The van der Waals surface area contributed by atoms with Crippen molar-refractivity contribution in [2.24, 2.45) is 0 Å². The predicted octanol–water partition coefficient (Wildman–Crippen LogP) is 4.39. The number of rotatable bonds is 7. The van der Waals surface area contributed by atoms with Crippen LogP contribution in [-0.2, 0) is 27.2 Å². The van der Waals surface area contributed by atoms with Crippen molar-refractivity contribution in [3.63, 3.8) is 0 Å². The molecule has 1 aliphatic rings. The molecule has 1 atom stereocenters. The molecule has 1 aliphatic carbocycles. The third-order valence-electron chi connectivity index (χ3n) is 4.90. The van der Waals surface area contributed by atoms with Gasteiger partial charge in [0.15, 0.2) is 0 Å². The van der Waals surface area contributed by atoms with Crippen molar-refractivity contribution in [2.75, 3.05) is 5.32 Å². The Hall–Kier alpha value is -2.67. The number of carbonyl (C=O) groups excluding carboxylic acids is 2. The molecule has 2 N–H and O–H groups in total. The number of fused-ring (bicyclic) bond motifs is 1. The van der Waals surface area contributed by atoms with Crippen molar-refractivity contribution < 1.29 is 24.2 Å². The predicted molar refractivity (Wildman–Crippen MR) is 112 cm³/mol. The molecule has 0 saturated carbocycles. The molecule has 0 fully saturated rings. The fourth-order valence-corrected chi connectivity index (χ4v) is 4.91. The first-order valence-electron chi connectivity index (χ1n) is 9.77. The van der Waals surface area contributed by atoms with Crippen molar-refractivity contribution in [1.82, 2.24) is 0 Å². The van der Waals surface area contributed by atoms with Crippen LogP contribution in [0.15, 0.2) is 30.3 Å². The SMILES string of the molecule is CC(C)OC(=O)c1c(NC(=O)CCC(=O)O)sc2c1CCC(c1ccccc1)C2. The highest BCUT2D eigenvalue weighted by Crippen LogP contribution is 2.43. The highest BCUT2D eigenvalue weighted by molar-refractivity contribution is 7.17. The van der Waals surface area contributed by atoms with Gasteiger partial charge in [-0.2, -0.15) is 0 Å². The maximum atomic E-state index is 12.7. The summed E-state index contributed by atoms with van der Waals surface area (Å²) in [5.41, 5.74) is 2.64. The summed E-state index contributed by atoms with van der Waals surface area (Å²) >= 11 is 1.40. The van der Waals surface area contributed by atoms with Gasteiger partial charge in [0.05, 0.1) is 18.1 Å². The summed E-state index contributed by atoms with van der Waals surface area (Å²) in [5.74, 6) is -1.52. The Balaban J connectivity index is 1.87. The molecule has 0 saturated heterocycles. The molecule has 1 aromatic heterocycles. The molecule has 3 rings (SSSR count). The highest BCUT2D eigenvalue weighted by atomic mass is 32.1. The number of thiophene rings is 1. The number of carbonyl (C=O) groups is 3. The van der Waals surface area contributed by atoms with E-state index in [0.29, 0.717) is 16.5 Å². The van der Waals surface area contributed by atoms with Crippen molar-refractivity contribution in [2.45, 2.75) is 58.0 Å². The average molecular weight is 416 g/mol. The lowest BCUT2D eigenvalue weighted by Gasteiger charge is -2.23. The molecule has 0 aliphatic heterocycles. The first kappa shape index (κ1) is 21.0. The summed E-state index contributed by atoms with van der Waals surface area (Å²) in [4.78, 5) is 36.7. The van der Waals surface area contributed by atoms with Gasteiger partial charge < -0.3 is 15.2 Å². The Morgan fingerprint density at radius 2 is 1.93 bits per heavy atom. The number of nitrogens with one attached hydrogen (secondary N) is 1. The van der Waals surface area contributed by atoms with Gasteiger partial charge in [0.1, 0.15) is 5.00 Å². The van der Waals surface area contributed by atoms with E-state index in [1.165, 1.54) is 16.9 Å². The van der Waals surface area contributed by atoms with Gasteiger partial charge in [0, 0.05) is 11.3 Å². The summed E-state index contributed by atoms with van der Waals surface area (Å²) in [6.07, 6.45) is 1.80. The molecule has 0 spiro atoms. The zero-order valence-corrected chi connectivity index (χ0v) is 17.4. The van der Waals surface area contributed by atoms with E-state index >= 15 is 0 Å². The Morgan fingerprint density at radius 3 is 2.59 bits per heavy atom. The molecule has 1 unspecified atom stereocenters. The van der Waals surface area contributed by atoms with Gasteiger partial charge >= 0.3 is 11.9 Å². The van der Waals surface area contributed by atoms with Crippen molar-refractivity contribution >= 4 is 34.2 Å². The number of anilines is 1. The fourth-order valence-electron chi connectivity index (χ4n) is 3.58. The smallest absolute Gasteiger partial charge is 0.341 e. The summed E-state index contributed by atoms with van der Waals surface area (Å²) < 4.78 is 5.41. The minimum absolute atomic E-state index is 0.136. The topological polar surface area (TPSA) is 92.7 Å². The van der Waals surface area contributed by atoms with E-state index in [1.807, 2.05) is 18.2 Å². The number of benzene rings is 1. The number of hydrogen-bond donors (Lipinski definition) is 2. The lowest BCUT2D eigenvalue weighted by atomic mass is 9.83. The van der Waals surface area contributed by atoms with Crippen LogP contribution >= 0.6 is 11.3 Å². The van der Waals surface area contributed by atoms with Crippen LogP contribution in [0.2, 0.25) is 0 Å². The minimum Gasteiger partial charge on any atom is -0.481 e. The van der Waals surface area contributed by atoms with Crippen LogP contribution in [0.1, 0.15) is 65.4 Å². The van der Waals surface area contributed by atoms with E-state index in [1.54, 1.807) is 13.8 Å². The Morgan fingerprint density at radius 1 is 1.21 bits per heavy atom. The van der Waals surface area contributed by atoms with Crippen LogP contribution in [0.4, 0.5) is 5.00 Å². The van der Waals surface area contributed by atoms with Crippen LogP contribution in [0.5, 0.6) is 0 Å². The molecule has 154 valence electrons. The van der Waals surface area contributed by atoms with Gasteiger partial charge in [-0.25, -0.2) is 4.79 Å². The van der Waals surface area contributed by atoms with Gasteiger partial charge in [0.25, 0.3) is 0 Å². The second-order valence-electron chi connectivity index (χ2n) is 7.45. The van der Waals surface area contributed by atoms with E-state index < -0.39 is 17.8 Å². The molecule has 29 heavy (non-hydrogen) atoms. The first-order valence-corrected chi connectivity index (χ1v) is 10.6. The molecule has 1 amide bonds. The normalized spacial score (nSPS) is 15.6. The quantitative estimate of drug-likeness (QED) is 0.654. The van der Waals surface area contributed by atoms with Crippen molar-refractivity contribution in [3.05, 3.63) is 51.9 Å². The van der Waals surface area contributed by atoms with E-state index in [2.05, 4.69) is 17.4 Å². The molecule has 7 heteroatoms. The highest BCUT2D eigenvalue weighted by Gasteiger charge is 2.31. The molecule has 0 radical (unpaired) electrons. The third-order valence-corrected chi connectivity index (χ3v) is 6.07. The van der Waals surface area contributed by atoms with Crippen LogP contribution in [0, 0.1) is 0 Å². The maximum absolute atomic E-state index is 12.7. The van der Waals surface area contributed by atoms with Crippen molar-refractivity contribution in [1.29, 1.82) is 0 Å². The molecule has 1 heterocycles. The van der Waals surface area contributed by atoms with Gasteiger partial charge in [0.2, 0.25) is 5.91 Å². The van der Waals surface area contributed by atoms with Gasteiger partial charge in [-0.15, -0.1) is 11.3 Å². The third kappa shape index (κ3) is 5.23. The van der Waals surface area contributed by atoms with Crippen LogP contribution in [-0.4, -0.2) is 29.1 Å². The van der Waals surface area contributed by atoms with Crippen LogP contribution in [0.3, 0.4) is 0 Å². The Bertz CT molecular complexity index is 903. The number of esters is 1. The van der Waals surface area contributed by atoms with Gasteiger partial charge in [-0.1, -0.05) is 30.3 Å². The lowest BCUT2D eigenvalue weighted by molar-refractivity contribution is -0.138. The van der Waals surface area contributed by atoms with Gasteiger partial charge in [-0.3, -0.25) is 9.59 Å². The van der Waals surface area contributed by atoms with E-state index in [4.69, 9.17) is 9.84 Å². The number of ether oxygens (including phenoxy) is 1. The number of aliphatic carboxylic acids is 1. The zero-order chi connectivity index (χ0) is 21.0. The number of hydrogen-bond acceptors (Lipinski definition) is 5. The summed E-state index contributed by atoms with van der Waals surface area (Å²) in [6, 6.07) is 10.3. The molecular formula is C22H25NO5S. The Kier molecular flexibility index (Phi) is 6.69. The van der Waals surface area contributed by atoms with Crippen LogP contribution in [0.25, 0.3) is 0 Å². The average Bonchev–Trinajstić information content (AvgIpc) is 3.03. The molecule has 1 aromatic carbocycles. The monoisotopic (exact) mass is 415 g/mol. The zero-order valence-electron chi connectivity index (χ0n) is 16.6. The van der Waals surface area contributed by atoms with E-state index in [9.17, 15) is 14.4 Å². The Labute approximate surface area is 173 Å². The molecular weight excluding hydrogens is 390 g/mol. The second kappa shape index (κ2) is 9.22. The largest absolute Gasteiger partial charge is 0.481 e. The van der Waals surface area contributed by atoms with E-state index in [0.717, 1.165) is 29.7 Å². The molecule has 6 nitrogen and oxygen atoms in total. The maximum Gasteiger partial charge on any atom is 0.341 e. The lowest BCUT2D eigenvalue weighted by Crippen LogP contribution is -2.19. The van der Waals surface area contributed by atoms with Crippen molar-refractivity contribution in [3.8, 4) is 0 Å². The minimum atomic E-state index is -1.03. The van der Waals surface area contributed by atoms with E-state index in [-0.39, 0.29) is 18.9 Å². The molecule has 0 bridgehead atoms. The van der Waals surface area contributed by atoms with Crippen LogP contribution < -0.4 is 5.32 Å². The van der Waals surface area contributed by atoms with Gasteiger partial charge in [-0.05, 0) is 50.2 Å². The fraction of sp³-hybridized carbons (Fsp3) is 0.409. The standard InChI is InChI=1S/C22H25NO5S/c1-13(2)28-22(27)20-16-9-8-15(14-6-4-3-5-7-14)12-17(16)29-21(20)23-18(24)10-11-19(25)26/h3-7,13,15H,8-12H2,1-2H3,(H,23,24)(H,25,26). The second-order valence-corrected chi connectivity index (χ2v) is 8.56. The molecule has 2 aromatic rings. The summed E-state index contributed by atoms with van der Waals surface area (Å²) in [5, 5.41) is 12.0. The number of carboxylic acids is 1. The summed E-state index contributed by atoms with van der Waals surface area (Å²) in [6.45, 7) is 3.57. The number of amides is 1. The first-order chi connectivity index (χ1) is 13.8. The summed E-state index contributed by atoms with van der Waals surface area (Å²) in [7, 11) is 0.